The zero-order chi connectivity index (χ0) is 9.14. The van der Waals surface area contributed by atoms with E-state index >= 15 is 0 Å². The minimum absolute atomic E-state index is 0.0521. The van der Waals surface area contributed by atoms with Crippen molar-refractivity contribution in [3.8, 4) is 0 Å². The van der Waals surface area contributed by atoms with Gasteiger partial charge in [-0.2, -0.15) is 11.8 Å². The fourth-order valence-electron chi connectivity index (χ4n) is 1.26. The van der Waals surface area contributed by atoms with Crippen LogP contribution < -0.4 is 0 Å². The van der Waals surface area contributed by atoms with Gasteiger partial charge in [-0.1, -0.05) is 0 Å². The second kappa shape index (κ2) is 4.14. The number of methoxy groups -OCH3 is 1. The fraction of sp³-hybridized carbons (Fsp3) is 0.875. The number of ether oxygens (including phenoxy) is 1. The summed E-state index contributed by atoms with van der Waals surface area (Å²) >= 11 is 1.82. The molecule has 12 heavy (non-hydrogen) atoms. The average Bonchev–Trinajstić information content (AvgIpc) is 2.08. The maximum Gasteiger partial charge on any atom is 0.323 e. The molecule has 1 rings (SSSR count). The minimum Gasteiger partial charge on any atom is -0.468 e. The van der Waals surface area contributed by atoms with Gasteiger partial charge >= 0.3 is 5.97 Å². The van der Waals surface area contributed by atoms with Crippen molar-refractivity contribution < 1.29 is 9.53 Å². The number of hydrogen-bond acceptors (Lipinski definition) is 4. The molecule has 1 heterocycles. The Kier molecular flexibility index (Phi) is 3.40. The third-order valence-corrected chi connectivity index (χ3v) is 3.56. The Balaban J connectivity index is 2.57. The lowest BCUT2D eigenvalue weighted by molar-refractivity contribution is -0.146. The van der Waals surface area contributed by atoms with Crippen molar-refractivity contribution in [2.75, 3.05) is 25.7 Å². The number of hydrogen-bond donors (Lipinski definition) is 0. The standard InChI is InChI=1S/C8H15NO2S/c1-6-4-12-5-7(9(6)2)8(10)11-3/h6-7H,4-5H2,1-3H3/t6?,7-/m1/s1. The second-order valence-electron chi connectivity index (χ2n) is 3.09. The first-order valence-corrected chi connectivity index (χ1v) is 5.19. The van der Waals surface area contributed by atoms with E-state index in [2.05, 4.69) is 11.8 Å². The molecule has 0 spiro atoms. The van der Waals surface area contributed by atoms with Crippen LogP contribution in [0.15, 0.2) is 0 Å². The van der Waals surface area contributed by atoms with Gasteiger partial charge in [0.2, 0.25) is 0 Å². The highest BCUT2D eigenvalue weighted by atomic mass is 32.2. The van der Waals surface area contributed by atoms with Gasteiger partial charge in [-0.15, -0.1) is 0 Å². The molecule has 2 atom stereocenters. The van der Waals surface area contributed by atoms with Crippen LogP contribution in [-0.2, 0) is 9.53 Å². The van der Waals surface area contributed by atoms with Crippen molar-refractivity contribution in [1.82, 2.24) is 4.90 Å². The highest BCUT2D eigenvalue weighted by Crippen LogP contribution is 2.20. The molecule has 0 saturated carbocycles. The lowest BCUT2D eigenvalue weighted by atomic mass is 10.2. The van der Waals surface area contributed by atoms with Gasteiger partial charge in [0.15, 0.2) is 0 Å². The fourth-order valence-corrected chi connectivity index (χ4v) is 2.57. The maximum atomic E-state index is 11.2. The molecule has 1 aliphatic heterocycles. The summed E-state index contributed by atoms with van der Waals surface area (Å²) in [5.41, 5.74) is 0. The lowest BCUT2D eigenvalue weighted by Crippen LogP contribution is -2.49. The number of carbonyl (C=O) groups excluding carboxylic acids is 1. The molecule has 0 amide bonds. The van der Waals surface area contributed by atoms with E-state index in [1.54, 1.807) is 0 Å². The molecule has 0 bridgehead atoms. The molecule has 0 N–H and O–H groups in total. The molecule has 0 aromatic carbocycles. The van der Waals surface area contributed by atoms with Crippen molar-refractivity contribution >= 4 is 17.7 Å². The number of thioether (sulfide) groups is 1. The summed E-state index contributed by atoms with van der Waals surface area (Å²) in [6.45, 7) is 2.13. The van der Waals surface area contributed by atoms with Crippen LogP contribution >= 0.6 is 11.8 Å². The van der Waals surface area contributed by atoms with E-state index in [0.717, 1.165) is 11.5 Å². The normalized spacial score (nSPS) is 31.6. The van der Waals surface area contributed by atoms with E-state index in [1.807, 2.05) is 18.8 Å². The molecular formula is C8H15NO2S. The Morgan fingerprint density at radius 2 is 2.25 bits per heavy atom. The third-order valence-electron chi connectivity index (χ3n) is 2.29. The van der Waals surface area contributed by atoms with Crippen LogP contribution in [0.25, 0.3) is 0 Å². The lowest BCUT2D eigenvalue weighted by Gasteiger charge is -2.35. The van der Waals surface area contributed by atoms with Gasteiger partial charge in [0.25, 0.3) is 0 Å². The molecule has 70 valence electrons. The highest BCUT2D eigenvalue weighted by Gasteiger charge is 2.30. The molecule has 4 heteroatoms. The van der Waals surface area contributed by atoms with Crippen LogP contribution in [0.3, 0.4) is 0 Å². The average molecular weight is 189 g/mol. The molecule has 1 saturated heterocycles. The summed E-state index contributed by atoms with van der Waals surface area (Å²) in [5, 5.41) is 0. The summed E-state index contributed by atoms with van der Waals surface area (Å²) in [5.74, 6) is 1.84. The predicted molar refractivity (Wildman–Crippen MR) is 50.4 cm³/mol. The number of nitrogens with zero attached hydrogens (tertiary/aromatic N) is 1. The van der Waals surface area contributed by atoms with Crippen LogP contribution in [0.2, 0.25) is 0 Å². The van der Waals surface area contributed by atoms with Crippen LogP contribution in [0, 0.1) is 0 Å². The highest BCUT2D eigenvalue weighted by molar-refractivity contribution is 7.99. The Labute approximate surface area is 77.4 Å². The first kappa shape index (κ1) is 9.86. The van der Waals surface area contributed by atoms with Gasteiger partial charge in [0.05, 0.1) is 7.11 Å². The summed E-state index contributed by atoms with van der Waals surface area (Å²) < 4.78 is 4.71. The predicted octanol–water partition coefficient (Wildman–Crippen LogP) is 0.595. The minimum atomic E-state index is -0.114. The Morgan fingerprint density at radius 3 is 2.83 bits per heavy atom. The van der Waals surface area contributed by atoms with E-state index in [4.69, 9.17) is 4.74 Å². The van der Waals surface area contributed by atoms with E-state index in [9.17, 15) is 4.79 Å². The van der Waals surface area contributed by atoms with Gasteiger partial charge in [0, 0.05) is 17.5 Å². The van der Waals surface area contributed by atoms with Crippen LogP contribution in [-0.4, -0.2) is 48.6 Å². The molecule has 1 fully saturated rings. The van der Waals surface area contributed by atoms with E-state index in [1.165, 1.54) is 7.11 Å². The van der Waals surface area contributed by atoms with Crippen LogP contribution in [0.1, 0.15) is 6.92 Å². The first-order valence-electron chi connectivity index (χ1n) is 4.04. The molecule has 3 nitrogen and oxygen atoms in total. The number of rotatable bonds is 1. The largest absolute Gasteiger partial charge is 0.468 e. The van der Waals surface area contributed by atoms with E-state index in [0.29, 0.717) is 6.04 Å². The maximum absolute atomic E-state index is 11.2. The van der Waals surface area contributed by atoms with Crippen molar-refractivity contribution in [2.45, 2.75) is 19.0 Å². The summed E-state index contributed by atoms with van der Waals surface area (Å²) in [6, 6.07) is 0.414. The molecule has 0 radical (unpaired) electrons. The monoisotopic (exact) mass is 189 g/mol. The van der Waals surface area contributed by atoms with Crippen molar-refractivity contribution in [3.05, 3.63) is 0 Å². The van der Waals surface area contributed by atoms with E-state index in [-0.39, 0.29) is 12.0 Å². The molecule has 0 aromatic heterocycles. The third kappa shape index (κ3) is 1.93. The molecule has 1 unspecified atom stereocenters. The topological polar surface area (TPSA) is 29.5 Å². The van der Waals surface area contributed by atoms with Crippen LogP contribution in [0.4, 0.5) is 0 Å². The van der Waals surface area contributed by atoms with Crippen LogP contribution in [0.5, 0.6) is 0 Å². The zero-order valence-electron chi connectivity index (χ0n) is 7.74. The van der Waals surface area contributed by atoms with E-state index < -0.39 is 0 Å². The molecule has 0 aliphatic carbocycles. The SMILES string of the molecule is COC(=O)[C@H]1CSCC(C)N1C. The van der Waals surface area contributed by atoms with Crippen molar-refractivity contribution in [1.29, 1.82) is 0 Å². The van der Waals surface area contributed by atoms with Gasteiger partial charge < -0.3 is 4.74 Å². The first-order chi connectivity index (χ1) is 5.66. The summed E-state index contributed by atoms with van der Waals surface area (Å²) in [6.07, 6.45) is 0. The number of carbonyl (C=O) groups is 1. The Hall–Kier alpha value is -0.220. The Morgan fingerprint density at radius 1 is 1.58 bits per heavy atom. The Bertz CT molecular complexity index is 174. The molecule has 1 aliphatic rings. The zero-order valence-corrected chi connectivity index (χ0v) is 8.56. The quantitative estimate of drug-likeness (QED) is 0.565. The smallest absolute Gasteiger partial charge is 0.323 e. The summed E-state index contributed by atoms with van der Waals surface area (Å²) in [4.78, 5) is 13.3. The van der Waals surface area contributed by atoms with Crippen molar-refractivity contribution in [2.24, 2.45) is 0 Å². The van der Waals surface area contributed by atoms with Crippen molar-refractivity contribution in [3.63, 3.8) is 0 Å². The van der Waals surface area contributed by atoms with Gasteiger partial charge in [-0.3, -0.25) is 9.69 Å². The second-order valence-corrected chi connectivity index (χ2v) is 4.17. The number of esters is 1. The number of likely N-dealkylation sites (N-methyl/N-ethyl adjacent to an activating group) is 1. The van der Waals surface area contributed by atoms with Gasteiger partial charge in [-0.25, -0.2) is 0 Å². The molecule has 0 aromatic rings. The van der Waals surface area contributed by atoms with Gasteiger partial charge in [0.1, 0.15) is 6.04 Å². The van der Waals surface area contributed by atoms with Gasteiger partial charge in [-0.05, 0) is 14.0 Å². The summed E-state index contributed by atoms with van der Waals surface area (Å²) in [7, 11) is 3.42. The molecular weight excluding hydrogens is 174 g/mol.